The van der Waals surface area contributed by atoms with E-state index in [0.717, 1.165) is 37.8 Å². The average molecular weight is 425 g/mol. The number of halogens is 2. The van der Waals surface area contributed by atoms with Gasteiger partial charge in [0.15, 0.2) is 23.2 Å². The highest BCUT2D eigenvalue weighted by Crippen LogP contribution is 2.28. The number of amides is 1. The number of nitrogen functional groups attached to an aromatic ring is 2. The minimum atomic E-state index is -0.744. The zero-order valence-corrected chi connectivity index (χ0v) is 16.6. The molecule has 0 saturated heterocycles. The number of benzene rings is 2. The maximum absolute atomic E-state index is 14.4. The number of nitrogens with two attached hydrogens (primary N) is 2. The molecule has 31 heavy (non-hydrogen) atoms. The summed E-state index contributed by atoms with van der Waals surface area (Å²) in [6.07, 6.45) is 5.28. The van der Waals surface area contributed by atoms with Crippen LogP contribution in [0.15, 0.2) is 42.6 Å². The van der Waals surface area contributed by atoms with Gasteiger partial charge >= 0.3 is 0 Å². The van der Waals surface area contributed by atoms with Crippen LogP contribution in [0.2, 0.25) is 0 Å². The van der Waals surface area contributed by atoms with Crippen molar-refractivity contribution in [2.75, 3.05) is 16.8 Å². The highest BCUT2D eigenvalue weighted by Gasteiger charge is 2.19. The zero-order valence-electron chi connectivity index (χ0n) is 16.6. The number of rotatable bonds is 5. The van der Waals surface area contributed by atoms with E-state index in [2.05, 4.69) is 15.3 Å². The highest BCUT2D eigenvalue weighted by molar-refractivity contribution is 6.05. The number of carbonyl (C=O) groups is 1. The largest absolute Gasteiger partial charge is 0.487 e. The Balaban J connectivity index is 1.52. The first-order valence-electron chi connectivity index (χ1n) is 9.86. The topological polar surface area (TPSA) is 116 Å². The van der Waals surface area contributed by atoms with E-state index in [1.807, 2.05) is 0 Å². The van der Waals surface area contributed by atoms with Gasteiger partial charge in [-0.2, -0.15) is 0 Å². The molecule has 1 heterocycles. The van der Waals surface area contributed by atoms with Gasteiger partial charge in [0.1, 0.15) is 5.82 Å². The van der Waals surface area contributed by atoms with E-state index < -0.39 is 17.5 Å². The van der Waals surface area contributed by atoms with Gasteiger partial charge < -0.3 is 21.5 Å². The molecule has 1 aromatic heterocycles. The Morgan fingerprint density at radius 1 is 1.06 bits per heavy atom. The summed E-state index contributed by atoms with van der Waals surface area (Å²) in [5.41, 5.74) is 11.8. The smallest absolute Gasteiger partial charge is 0.258 e. The van der Waals surface area contributed by atoms with Gasteiger partial charge in [0.2, 0.25) is 0 Å². The molecule has 3 aromatic rings. The van der Waals surface area contributed by atoms with Gasteiger partial charge in [-0.05, 0) is 56.0 Å². The third-order valence-corrected chi connectivity index (χ3v) is 5.10. The third kappa shape index (κ3) is 4.55. The van der Waals surface area contributed by atoms with Crippen LogP contribution in [0.4, 0.5) is 26.0 Å². The number of nitrogens with zero attached hydrogens (tertiary/aromatic N) is 2. The molecule has 1 aliphatic carbocycles. The molecule has 0 unspecified atom stereocenters. The van der Waals surface area contributed by atoms with Crippen molar-refractivity contribution in [1.82, 2.24) is 9.97 Å². The van der Waals surface area contributed by atoms with E-state index in [1.165, 1.54) is 30.5 Å². The number of hydrogen-bond acceptors (Lipinski definition) is 6. The quantitative estimate of drug-likeness (QED) is 0.565. The third-order valence-electron chi connectivity index (χ3n) is 5.10. The van der Waals surface area contributed by atoms with Crippen molar-refractivity contribution in [2.24, 2.45) is 0 Å². The van der Waals surface area contributed by atoms with Crippen molar-refractivity contribution in [3.8, 4) is 17.1 Å². The molecular weight excluding hydrogens is 404 g/mol. The first-order valence-corrected chi connectivity index (χ1v) is 9.86. The number of aromatic nitrogens is 2. The van der Waals surface area contributed by atoms with E-state index in [4.69, 9.17) is 16.2 Å². The Morgan fingerprint density at radius 2 is 1.84 bits per heavy atom. The molecule has 9 heteroatoms. The molecule has 160 valence electrons. The number of hydrogen-bond donors (Lipinski definition) is 3. The van der Waals surface area contributed by atoms with Crippen LogP contribution in [0.25, 0.3) is 11.4 Å². The fourth-order valence-corrected chi connectivity index (χ4v) is 3.44. The van der Waals surface area contributed by atoms with Crippen molar-refractivity contribution in [1.29, 1.82) is 0 Å². The van der Waals surface area contributed by atoms with Crippen LogP contribution in [0.3, 0.4) is 0 Å². The summed E-state index contributed by atoms with van der Waals surface area (Å²) in [7, 11) is 0. The molecule has 0 aliphatic heterocycles. The molecule has 1 fully saturated rings. The van der Waals surface area contributed by atoms with Gasteiger partial charge in [-0.15, -0.1) is 0 Å². The molecule has 2 aromatic carbocycles. The number of ether oxygens (including phenoxy) is 1. The Labute approximate surface area is 177 Å². The predicted molar refractivity (Wildman–Crippen MR) is 113 cm³/mol. The molecule has 0 radical (unpaired) electrons. The van der Waals surface area contributed by atoms with Crippen molar-refractivity contribution < 1.29 is 18.3 Å². The number of carbonyl (C=O) groups excluding carboxylic acids is 1. The van der Waals surface area contributed by atoms with Crippen LogP contribution in [-0.4, -0.2) is 22.0 Å². The second-order valence-corrected chi connectivity index (χ2v) is 7.35. The summed E-state index contributed by atoms with van der Waals surface area (Å²) in [5, 5.41) is 2.50. The van der Waals surface area contributed by atoms with Gasteiger partial charge in [-0.1, -0.05) is 0 Å². The Bertz CT molecular complexity index is 1130. The molecule has 0 spiro atoms. The van der Waals surface area contributed by atoms with Gasteiger partial charge in [-0.3, -0.25) is 4.79 Å². The Hall–Kier alpha value is -3.75. The lowest BCUT2D eigenvalue weighted by Gasteiger charge is -2.14. The minimum Gasteiger partial charge on any atom is -0.487 e. The summed E-state index contributed by atoms with van der Waals surface area (Å²) in [5.74, 6) is -1.67. The summed E-state index contributed by atoms with van der Waals surface area (Å²) < 4.78 is 34.4. The van der Waals surface area contributed by atoms with E-state index in [0.29, 0.717) is 5.56 Å². The fraction of sp³-hybridized carbons (Fsp3) is 0.227. The summed E-state index contributed by atoms with van der Waals surface area (Å²) in [6, 6.07) is 7.96. The first kappa shape index (κ1) is 20.5. The highest BCUT2D eigenvalue weighted by atomic mass is 19.1. The molecule has 4 rings (SSSR count). The SMILES string of the molecule is Nc1cnc(-c2ccc(F)c(C(=O)Nc3ccc(OC4CCCC4)c(F)c3)c2)nc1N. The molecular formula is C22H21F2N5O2. The van der Waals surface area contributed by atoms with E-state index in [9.17, 15) is 13.6 Å². The molecule has 1 saturated carbocycles. The number of anilines is 3. The van der Waals surface area contributed by atoms with Gasteiger partial charge in [0.25, 0.3) is 5.91 Å². The monoisotopic (exact) mass is 425 g/mol. The summed E-state index contributed by atoms with van der Waals surface area (Å²) in [4.78, 5) is 20.7. The van der Waals surface area contributed by atoms with Crippen molar-refractivity contribution in [2.45, 2.75) is 31.8 Å². The van der Waals surface area contributed by atoms with Crippen molar-refractivity contribution in [3.63, 3.8) is 0 Å². The first-order chi connectivity index (χ1) is 14.9. The molecule has 1 amide bonds. The average Bonchev–Trinajstić information content (AvgIpc) is 3.25. The Morgan fingerprint density at radius 3 is 2.55 bits per heavy atom. The second-order valence-electron chi connectivity index (χ2n) is 7.35. The summed E-state index contributed by atoms with van der Waals surface area (Å²) in [6.45, 7) is 0. The molecule has 7 nitrogen and oxygen atoms in total. The predicted octanol–water partition coefficient (Wildman–Crippen LogP) is 4.16. The van der Waals surface area contributed by atoms with Crippen LogP contribution in [0, 0.1) is 11.6 Å². The molecule has 1 aliphatic rings. The van der Waals surface area contributed by atoms with Crippen molar-refractivity contribution >= 4 is 23.1 Å². The fourth-order valence-electron chi connectivity index (χ4n) is 3.44. The minimum absolute atomic E-state index is 0.0105. The van der Waals surface area contributed by atoms with Crippen LogP contribution < -0.4 is 21.5 Å². The maximum Gasteiger partial charge on any atom is 0.258 e. The van der Waals surface area contributed by atoms with Gasteiger partial charge in [0, 0.05) is 17.3 Å². The second kappa shape index (κ2) is 8.55. The summed E-state index contributed by atoms with van der Waals surface area (Å²) >= 11 is 0. The van der Waals surface area contributed by atoms with Gasteiger partial charge in [0.05, 0.1) is 23.6 Å². The van der Waals surface area contributed by atoms with E-state index in [1.54, 1.807) is 0 Å². The molecule has 0 bridgehead atoms. The lowest BCUT2D eigenvalue weighted by atomic mass is 10.1. The zero-order chi connectivity index (χ0) is 22.0. The van der Waals surface area contributed by atoms with Crippen LogP contribution >= 0.6 is 0 Å². The van der Waals surface area contributed by atoms with E-state index in [-0.39, 0.29) is 40.4 Å². The normalized spacial score (nSPS) is 13.9. The van der Waals surface area contributed by atoms with Crippen LogP contribution in [-0.2, 0) is 0 Å². The Kier molecular flexibility index (Phi) is 5.66. The molecule has 5 N–H and O–H groups in total. The van der Waals surface area contributed by atoms with Crippen LogP contribution in [0.1, 0.15) is 36.0 Å². The van der Waals surface area contributed by atoms with E-state index >= 15 is 0 Å². The van der Waals surface area contributed by atoms with Gasteiger partial charge in [-0.25, -0.2) is 18.7 Å². The lowest BCUT2D eigenvalue weighted by molar-refractivity contribution is 0.102. The lowest BCUT2D eigenvalue weighted by Crippen LogP contribution is -2.15. The molecule has 0 atom stereocenters. The number of nitrogens with one attached hydrogen (secondary N) is 1. The van der Waals surface area contributed by atoms with Crippen LogP contribution in [0.5, 0.6) is 5.75 Å². The maximum atomic E-state index is 14.4. The van der Waals surface area contributed by atoms with Crippen molar-refractivity contribution in [3.05, 3.63) is 59.8 Å². The standard InChI is InChI=1S/C22H21F2N5O2/c23-16-7-5-12(21-27-11-18(25)20(26)29-21)9-15(16)22(30)28-13-6-8-19(17(24)10-13)31-14-3-1-2-4-14/h5-11,14H,1-4,25H2,(H,28,30)(H2,26,27,29).